The topological polar surface area (TPSA) is 70.2 Å². The fraction of sp³-hybridized carbons (Fsp3) is 0.333. The van der Waals surface area contributed by atoms with Crippen LogP contribution in [0.1, 0.15) is 5.56 Å². The first-order valence-corrected chi connectivity index (χ1v) is 6.29. The van der Waals surface area contributed by atoms with Crippen molar-refractivity contribution in [3.63, 3.8) is 0 Å². The molecule has 0 aliphatic carbocycles. The van der Waals surface area contributed by atoms with E-state index < -0.39 is 0 Å². The molecular weight excluding hydrogens is 334 g/mol. The predicted molar refractivity (Wildman–Crippen MR) is 81.7 cm³/mol. The Bertz CT molecular complexity index is 455. The Morgan fingerprint density at radius 2 is 1.89 bits per heavy atom. The minimum atomic E-state index is -0.249. The van der Waals surface area contributed by atoms with Gasteiger partial charge in [-0.25, -0.2) is 0 Å². The molecule has 0 saturated carbocycles. The van der Waals surface area contributed by atoms with Crippen LogP contribution in [0.2, 0.25) is 0 Å². The van der Waals surface area contributed by atoms with Crippen molar-refractivity contribution in [2.75, 3.05) is 25.5 Å². The third-order valence-electron chi connectivity index (χ3n) is 2.23. The van der Waals surface area contributed by atoms with E-state index in [0.29, 0.717) is 5.69 Å². The van der Waals surface area contributed by atoms with Gasteiger partial charge in [0.2, 0.25) is 11.8 Å². The number of halogens is 2. The summed E-state index contributed by atoms with van der Waals surface area (Å²) in [6, 6.07) is 5.52. The molecule has 0 aliphatic heterocycles. The van der Waals surface area contributed by atoms with Gasteiger partial charge in [-0.3, -0.25) is 9.59 Å². The molecule has 0 bridgehead atoms. The average Bonchev–Trinajstić information content (AvgIpc) is 2.32. The summed E-state index contributed by atoms with van der Waals surface area (Å²) in [5.41, 5.74) is 1.75. The van der Waals surface area contributed by atoms with E-state index >= 15 is 0 Å². The Morgan fingerprint density at radius 1 is 1.21 bits per heavy atom. The van der Waals surface area contributed by atoms with Gasteiger partial charge in [-0.05, 0) is 37.7 Å². The van der Waals surface area contributed by atoms with Crippen molar-refractivity contribution in [3.8, 4) is 0 Å². The Balaban J connectivity index is 0.00000324. The monoisotopic (exact) mass is 349 g/mol. The van der Waals surface area contributed by atoms with Crippen molar-refractivity contribution in [1.82, 2.24) is 10.6 Å². The number of benzene rings is 1. The first kappa shape index (κ1) is 17.9. The number of anilines is 1. The summed E-state index contributed by atoms with van der Waals surface area (Å²) in [6.07, 6.45) is 0. The lowest BCUT2D eigenvalue weighted by molar-refractivity contribution is -0.123. The molecule has 7 heteroatoms. The lowest BCUT2D eigenvalue weighted by Crippen LogP contribution is -2.37. The highest BCUT2D eigenvalue weighted by atomic mass is 79.9. The van der Waals surface area contributed by atoms with Crippen LogP contribution in [0, 0.1) is 6.92 Å². The minimum absolute atomic E-state index is 0. The van der Waals surface area contributed by atoms with Gasteiger partial charge in [-0.2, -0.15) is 0 Å². The molecule has 0 heterocycles. The van der Waals surface area contributed by atoms with E-state index in [4.69, 9.17) is 0 Å². The van der Waals surface area contributed by atoms with Crippen LogP contribution in [0.15, 0.2) is 22.7 Å². The number of aryl methyl sites for hydroxylation is 1. The molecule has 0 fully saturated rings. The molecule has 1 aromatic rings. The second-order valence-electron chi connectivity index (χ2n) is 3.82. The number of nitrogens with one attached hydrogen (secondary N) is 3. The van der Waals surface area contributed by atoms with Crippen LogP contribution in [0.25, 0.3) is 0 Å². The maximum absolute atomic E-state index is 11.6. The zero-order valence-corrected chi connectivity index (χ0v) is 13.2. The number of hydrogen-bond donors (Lipinski definition) is 3. The molecule has 1 aromatic carbocycles. The molecular formula is C12H17BrClN3O2. The van der Waals surface area contributed by atoms with Crippen molar-refractivity contribution >= 4 is 45.8 Å². The minimum Gasteiger partial charge on any atom is -0.346 e. The third kappa shape index (κ3) is 6.56. The Kier molecular flexibility index (Phi) is 8.38. The summed E-state index contributed by atoms with van der Waals surface area (Å²) in [7, 11) is 1.67. The molecule has 0 aliphatic rings. The highest BCUT2D eigenvalue weighted by molar-refractivity contribution is 9.10. The van der Waals surface area contributed by atoms with E-state index in [0.717, 1.165) is 10.0 Å². The van der Waals surface area contributed by atoms with Gasteiger partial charge in [0.1, 0.15) is 0 Å². The van der Waals surface area contributed by atoms with Gasteiger partial charge >= 0.3 is 0 Å². The molecule has 5 nitrogen and oxygen atoms in total. The van der Waals surface area contributed by atoms with Gasteiger partial charge in [0.05, 0.1) is 13.1 Å². The molecule has 0 unspecified atom stereocenters. The summed E-state index contributed by atoms with van der Waals surface area (Å²) in [4.78, 5) is 22.7. The summed E-state index contributed by atoms with van der Waals surface area (Å²) in [5, 5.41) is 7.93. The van der Waals surface area contributed by atoms with Gasteiger partial charge in [0.15, 0.2) is 0 Å². The number of carbonyl (C=O) groups is 2. The van der Waals surface area contributed by atoms with Crippen molar-refractivity contribution < 1.29 is 9.59 Å². The van der Waals surface area contributed by atoms with Crippen LogP contribution in [-0.2, 0) is 9.59 Å². The normalized spacial score (nSPS) is 9.42. The number of carbonyl (C=O) groups excluding carboxylic acids is 2. The van der Waals surface area contributed by atoms with Crippen LogP contribution in [-0.4, -0.2) is 32.0 Å². The van der Waals surface area contributed by atoms with Gasteiger partial charge in [0.25, 0.3) is 0 Å². The van der Waals surface area contributed by atoms with E-state index in [9.17, 15) is 9.59 Å². The van der Waals surface area contributed by atoms with E-state index in [-0.39, 0.29) is 37.3 Å². The molecule has 106 valence electrons. The lowest BCUT2D eigenvalue weighted by Gasteiger charge is -2.08. The van der Waals surface area contributed by atoms with Gasteiger partial charge in [-0.15, -0.1) is 12.4 Å². The summed E-state index contributed by atoms with van der Waals surface area (Å²) >= 11 is 3.39. The van der Waals surface area contributed by atoms with Crippen LogP contribution < -0.4 is 16.0 Å². The second-order valence-corrected chi connectivity index (χ2v) is 4.67. The molecule has 0 atom stereocenters. The number of likely N-dealkylation sites (N-methyl/N-ethyl adjacent to an activating group) is 1. The average molecular weight is 351 g/mol. The van der Waals surface area contributed by atoms with Crippen LogP contribution in [0.4, 0.5) is 5.69 Å². The van der Waals surface area contributed by atoms with Gasteiger partial charge in [0, 0.05) is 10.2 Å². The van der Waals surface area contributed by atoms with Crippen molar-refractivity contribution in [2.24, 2.45) is 0 Å². The predicted octanol–water partition coefficient (Wildman–Crippen LogP) is 1.45. The van der Waals surface area contributed by atoms with Crippen LogP contribution >= 0.6 is 28.3 Å². The summed E-state index contributed by atoms with van der Waals surface area (Å²) in [5.74, 6) is -0.458. The smallest absolute Gasteiger partial charge is 0.243 e. The Labute approximate surface area is 127 Å². The summed E-state index contributed by atoms with van der Waals surface area (Å²) in [6.45, 7) is 2.11. The van der Waals surface area contributed by atoms with Crippen molar-refractivity contribution in [1.29, 1.82) is 0 Å². The van der Waals surface area contributed by atoms with Crippen LogP contribution in [0.3, 0.4) is 0 Å². The maximum atomic E-state index is 11.6. The van der Waals surface area contributed by atoms with E-state index in [1.165, 1.54) is 0 Å². The lowest BCUT2D eigenvalue weighted by atomic mass is 10.2. The SMILES string of the molecule is CNCC(=O)NCC(=O)Nc1ccc(Br)c(C)c1.Cl. The Hall–Kier alpha value is -1.11. The first-order valence-electron chi connectivity index (χ1n) is 5.50. The third-order valence-corrected chi connectivity index (χ3v) is 3.11. The van der Waals surface area contributed by atoms with E-state index in [1.54, 1.807) is 13.1 Å². The molecule has 0 radical (unpaired) electrons. The second kappa shape index (κ2) is 8.90. The van der Waals surface area contributed by atoms with Crippen molar-refractivity contribution in [3.05, 3.63) is 28.2 Å². The highest BCUT2D eigenvalue weighted by Crippen LogP contribution is 2.19. The number of hydrogen-bond acceptors (Lipinski definition) is 3. The molecule has 3 N–H and O–H groups in total. The van der Waals surface area contributed by atoms with Gasteiger partial charge in [-0.1, -0.05) is 15.9 Å². The molecule has 0 aromatic heterocycles. The first-order chi connectivity index (χ1) is 8.52. The van der Waals surface area contributed by atoms with Crippen molar-refractivity contribution in [2.45, 2.75) is 6.92 Å². The molecule has 0 spiro atoms. The molecule has 19 heavy (non-hydrogen) atoms. The fourth-order valence-electron chi connectivity index (χ4n) is 1.33. The largest absolute Gasteiger partial charge is 0.346 e. The molecule has 1 rings (SSSR count). The van der Waals surface area contributed by atoms with E-state index in [1.807, 2.05) is 19.1 Å². The fourth-order valence-corrected chi connectivity index (χ4v) is 1.58. The zero-order chi connectivity index (χ0) is 13.5. The highest BCUT2D eigenvalue weighted by Gasteiger charge is 2.05. The summed E-state index contributed by atoms with van der Waals surface area (Å²) < 4.78 is 0.989. The number of amides is 2. The molecule has 2 amide bonds. The quantitative estimate of drug-likeness (QED) is 0.753. The van der Waals surface area contributed by atoms with E-state index in [2.05, 4.69) is 31.9 Å². The molecule has 0 saturated heterocycles. The zero-order valence-electron chi connectivity index (χ0n) is 10.7. The Morgan fingerprint density at radius 3 is 2.47 bits per heavy atom. The maximum Gasteiger partial charge on any atom is 0.243 e. The van der Waals surface area contributed by atoms with Gasteiger partial charge < -0.3 is 16.0 Å². The number of rotatable bonds is 5. The van der Waals surface area contributed by atoms with Crippen LogP contribution in [0.5, 0.6) is 0 Å². The standard InChI is InChI=1S/C12H16BrN3O2.ClH/c1-8-5-9(3-4-10(8)13)16-12(18)7-15-11(17)6-14-2;/h3-5,14H,6-7H2,1-2H3,(H,15,17)(H,16,18);1H.